The number of rotatable bonds is 2. The molecule has 0 spiro atoms. The Morgan fingerprint density at radius 1 is 1.25 bits per heavy atom. The average molecular weight is 271 g/mol. The molecule has 1 saturated heterocycles. The van der Waals surface area contributed by atoms with Crippen LogP contribution < -0.4 is 11.2 Å². The summed E-state index contributed by atoms with van der Waals surface area (Å²) in [7, 11) is -0.522. The van der Waals surface area contributed by atoms with Crippen LogP contribution in [0.4, 0.5) is 5.69 Å². The molecule has 0 amide bonds. The van der Waals surface area contributed by atoms with E-state index in [-0.39, 0.29) is 5.71 Å². The Morgan fingerprint density at radius 3 is 2.30 bits per heavy atom. The molecular formula is C14H18BN3O2. The Balaban J connectivity index is 2.37. The van der Waals surface area contributed by atoms with Crippen LogP contribution in [0.1, 0.15) is 33.3 Å². The molecule has 0 saturated carbocycles. The van der Waals surface area contributed by atoms with Crippen molar-refractivity contribution in [2.24, 2.45) is 0 Å². The highest BCUT2D eigenvalue weighted by molar-refractivity contribution is 6.62. The van der Waals surface area contributed by atoms with Crippen molar-refractivity contribution < 1.29 is 9.31 Å². The van der Waals surface area contributed by atoms with Gasteiger partial charge in [0, 0.05) is 11.3 Å². The number of nitrogens with one attached hydrogen (secondary N) is 1. The van der Waals surface area contributed by atoms with Gasteiger partial charge >= 0.3 is 7.12 Å². The molecule has 1 heterocycles. The third-order valence-electron chi connectivity index (χ3n) is 3.98. The number of hydrogen-bond acceptors (Lipinski definition) is 5. The zero-order valence-corrected chi connectivity index (χ0v) is 12.2. The Labute approximate surface area is 119 Å². The zero-order chi connectivity index (χ0) is 15.1. The van der Waals surface area contributed by atoms with Gasteiger partial charge in [0.2, 0.25) is 0 Å². The van der Waals surface area contributed by atoms with E-state index in [0.717, 1.165) is 5.46 Å². The third-order valence-corrected chi connectivity index (χ3v) is 3.98. The van der Waals surface area contributed by atoms with Crippen LogP contribution in [0.3, 0.4) is 0 Å². The van der Waals surface area contributed by atoms with Gasteiger partial charge in [0.25, 0.3) is 0 Å². The maximum atomic E-state index is 8.84. The predicted octanol–water partition coefficient (Wildman–Crippen LogP) is 1.46. The van der Waals surface area contributed by atoms with E-state index in [9.17, 15) is 0 Å². The monoisotopic (exact) mass is 271 g/mol. The quantitative estimate of drug-likeness (QED) is 0.484. The van der Waals surface area contributed by atoms with Crippen molar-refractivity contribution in [1.82, 2.24) is 0 Å². The van der Waals surface area contributed by atoms with Crippen molar-refractivity contribution >= 4 is 24.0 Å². The summed E-state index contributed by atoms with van der Waals surface area (Å²) in [5, 5.41) is 16.5. The summed E-state index contributed by atoms with van der Waals surface area (Å²) in [5.41, 5.74) is 6.33. The lowest BCUT2D eigenvalue weighted by molar-refractivity contribution is 0.00578. The van der Waals surface area contributed by atoms with E-state index in [1.165, 1.54) is 0 Å². The van der Waals surface area contributed by atoms with Crippen LogP contribution in [0, 0.1) is 16.7 Å². The molecule has 1 aromatic carbocycles. The van der Waals surface area contributed by atoms with Crippen molar-refractivity contribution in [3.63, 3.8) is 0 Å². The lowest BCUT2D eigenvalue weighted by Crippen LogP contribution is -2.41. The van der Waals surface area contributed by atoms with Crippen molar-refractivity contribution in [2.45, 2.75) is 38.9 Å². The first-order valence-corrected chi connectivity index (χ1v) is 6.42. The van der Waals surface area contributed by atoms with Gasteiger partial charge in [-0.25, -0.2) is 0 Å². The topological polar surface area (TPSA) is 92.1 Å². The minimum atomic E-state index is -0.522. The first-order chi connectivity index (χ1) is 9.18. The smallest absolute Gasteiger partial charge is 0.399 e. The van der Waals surface area contributed by atoms with Gasteiger partial charge in [0.05, 0.1) is 11.2 Å². The second-order valence-electron chi connectivity index (χ2n) is 5.92. The van der Waals surface area contributed by atoms with Crippen LogP contribution in [-0.4, -0.2) is 24.0 Å². The predicted molar refractivity (Wildman–Crippen MR) is 79.0 cm³/mol. The lowest BCUT2D eigenvalue weighted by Gasteiger charge is -2.32. The van der Waals surface area contributed by atoms with Crippen molar-refractivity contribution in [2.75, 3.05) is 5.73 Å². The molecule has 1 aliphatic rings. The third kappa shape index (κ3) is 2.30. The minimum Gasteiger partial charge on any atom is -0.399 e. The number of hydrogen-bond donors (Lipinski definition) is 2. The number of nitriles is 1. The summed E-state index contributed by atoms with van der Waals surface area (Å²) in [5.74, 6) is 0. The molecule has 6 heteroatoms. The van der Waals surface area contributed by atoms with Crippen LogP contribution in [0.2, 0.25) is 0 Å². The molecule has 20 heavy (non-hydrogen) atoms. The second-order valence-corrected chi connectivity index (χ2v) is 5.92. The van der Waals surface area contributed by atoms with E-state index >= 15 is 0 Å². The SMILES string of the molecule is CC1(C)OB(c2ccc(N)c(C(=N)C#N)c2)OC1(C)C. The van der Waals surface area contributed by atoms with Crippen molar-refractivity contribution in [1.29, 1.82) is 10.7 Å². The van der Waals surface area contributed by atoms with Crippen LogP contribution in [-0.2, 0) is 9.31 Å². The molecule has 104 valence electrons. The van der Waals surface area contributed by atoms with Gasteiger partial charge < -0.3 is 15.0 Å². The zero-order valence-electron chi connectivity index (χ0n) is 12.2. The summed E-state index contributed by atoms with van der Waals surface area (Å²) in [6, 6.07) is 6.94. The van der Waals surface area contributed by atoms with Gasteiger partial charge in [0.1, 0.15) is 11.8 Å². The van der Waals surface area contributed by atoms with Gasteiger partial charge in [-0.15, -0.1) is 0 Å². The van der Waals surface area contributed by atoms with Crippen molar-refractivity contribution in [3.8, 4) is 6.07 Å². The maximum absolute atomic E-state index is 8.84. The molecule has 3 N–H and O–H groups in total. The standard InChI is InChI=1S/C14H18BN3O2/c1-13(2)14(3,4)20-15(19-13)9-5-6-11(17)10(7-9)12(18)8-16/h5-7,18H,17H2,1-4H3. The summed E-state index contributed by atoms with van der Waals surface area (Å²) in [6.07, 6.45) is 0. The molecule has 1 fully saturated rings. The summed E-state index contributed by atoms with van der Waals surface area (Å²) >= 11 is 0. The highest BCUT2D eigenvalue weighted by atomic mass is 16.7. The molecule has 2 rings (SSSR count). The van der Waals surface area contributed by atoms with E-state index in [4.69, 9.17) is 25.7 Å². The maximum Gasteiger partial charge on any atom is 0.494 e. The van der Waals surface area contributed by atoms with E-state index in [2.05, 4.69) is 0 Å². The number of anilines is 1. The molecular weight excluding hydrogens is 253 g/mol. The van der Waals surface area contributed by atoms with Crippen molar-refractivity contribution in [3.05, 3.63) is 23.8 Å². The number of benzene rings is 1. The molecule has 0 bridgehead atoms. The lowest BCUT2D eigenvalue weighted by atomic mass is 9.78. The highest BCUT2D eigenvalue weighted by Crippen LogP contribution is 2.36. The van der Waals surface area contributed by atoms with Crippen LogP contribution in [0.5, 0.6) is 0 Å². The molecule has 5 nitrogen and oxygen atoms in total. The summed E-state index contributed by atoms with van der Waals surface area (Å²) in [4.78, 5) is 0. The highest BCUT2D eigenvalue weighted by Gasteiger charge is 2.51. The Morgan fingerprint density at radius 2 is 1.80 bits per heavy atom. The normalized spacial score (nSPS) is 19.6. The van der Waals surface area contributed by atoms with E-state index in [1.807, 2.05) is 27.7 Å². The van der Waals surface area contributed by atoms with Crippen LogP contribution >= 0.6 is 0 Å². The van der Waals surface area contributed by atoms with Gasteiger partial charge in [-0.1, -0.05) is 12.1 Å². The second kappa shape index (κ2) is 4.62. The fraction of sp³-hybridized carbons (Fsp3) is 0.429. The fourth-order valence-electron chi connectivity index (χ4n) is 1.98. The molecule has 0 unspecified atom stereocenters. The van der Waals surface area contributed by atoms with E-state index in [1.54, 1.807) is 24.3 Å². The number of nitrogens with two attached hydrogens (primary N) is 1. The largest absolute Gasteiger partial charge is 0.494 e. The molecule has 0 aliphatic carbocycles. The van der Waals surface area contributed by atoms with E-state index in [0.29, 0.717) is 11.3 Å². The van der Waals surface area contributed by atoms with Gasteiger partial charge in [-0.05, 0) is 39.2 Å². The Bertz CT molecular complexity index is 589. The minimum absolute atomic E-state index is 0.166. The number of nitrogens with zero attached hydrogens (tertiary/aromatic N) is 1. The van der Waals surface area contributed by atoms with E-state index < -0.39 is 18.3 Å². The number of nitrogen functional groups attached to an aromatic ring is 1. The van der Waals surface area contributed by atoms with Crippen LogP contribution in [0.25, 0.3) is 0 Å². The molecule has 1 aromatic rings. The summed E-state index contributed by atoms with van der Waals surface area (Å²) < 4.78 is 11.9. The van der Waals surface area contributed by atoms with Gasteiger partial charge in [0.15, 0.2) is 0 Å². The Kier molecular flexibility index (Phi) is 3.36. The first-order valence-electron chi connectivity index (χ1n) is 6.42. The molecule has 0 aromatic heterocycles. The Hall–Kier alpha value is -1.84. The van der Waals surface area contributed by atoms with Crippen LogP contribution in [0.15, 0.2) is 18.2 Å². The summed E-state index contributed by atoms with van der Waals surface area (Å²) in [6.45, 7) is 7.90. The molecule has 0 atom stereocenters. The molecule has 0 radical (unpaired) electrons. The fourth-order valence-corrected chi connectivity index (χ4v) is 1.98. The molecule has 1 aliphatic heterocycles. The average Bonchev–Trinajstić information content (AvgIpc) is 2.58. The van der Waals surface area contributed by atoms with Gasteiger partial charge in [-0.3, -0.25) is 5.41 Å². The first kappa shape index (κ1) is 14.6. The van der Waals surface area contributed by atoms with Gasteiger partial charge in [-0.2, -0.15) is 5.26 Å².